The summed E-state index contributed by atoms with van der Waals surface area (Å²) in [5, 5.41) is 1.18. The Morgan fingerprint density at radius 1 is 1.67 bits per heavy atom. The third kappa shape index (κ3) is 2.22. The van der Waals surface area contributed by atoms with E-state index in [0.717, 1.165) is 19.4 Å². The van der Waals surface area contributed by atoms with Crippen LogP contribution in [0.15, 0.2) is 0 Å². The van der Waals surface area contributed by atoms with Crippen molar-refractivity contribution in [3.05, 3.63) is 15.6 Å². The van der Waals surface area contributed by atoms with Crippen LogP contribution in [-0.2, 0) is 11.2 Å². The summed E-state index contributed by atoms with van der Waals surface area (Å²) in [7, 11) is 1.73. The quantitative estimate of drug-likeness (QED) is 0.859. The van der Waals surface area contributed by atoms with E-state index < -0.39 is 0 Å². The van der Waals surface area contributed by atoms with Gasteiger partial charge >= 0.3 is 0 Å². The molecule has 0 aromatic carbocycles. The van der Waals surface area contributed by atoms with Crippen molar-refractivity contribution in [1.29, 1.82) is 0 Å². The molecule has 1 aliphatic rings. The van der Waals surface area contributed by atoms with Crippen LogP contribution in [0.5, 0.6) is 0 Å². The highest BCUT2D eigenvalue weighted by Gasteiger charge is 2.23. The van der Waals surface area contributed by atoms with Crippen LogP contribution in [0.4, 0.5) is 0 Å². The first-order valence-corrected chi connectivity index (χ1v) is 6.28. The van der Waals surface area contributed by atoms with Gasteiger partial charge in [-0.15, -0.1) is 11.3 Å². The molecule has 2 atom stereocenters. The molecule has 15 heavy (non-hydrogen) atoms. The van der Waals surface area contributed by atoms with Crippen LogP contribution >= 0.6 is 11.3 Å². The first kappa shape index (κ1) is 11.0. The lowest BCUT2D eigenvalue weighted by atomic mass is 9.99. The van der Waals surface area contributed by atoms with Gasteiger partial charge in [0, 0.05) is 23.9 Å². The third-order valence-electron chi connectivity index (χ3n) is 2.85. The summed E-state index contributed by atoms with van der Waals surface area (Å²) in [4.78, 5) is 5.98. The predicted octanol–water partition coefficient (Wildman–Crippen LogP) is 2.23. The van der Waals surface area contributed by atoms with Crippen LogP contribution in [0, 0.1) is 0 Å². The second kappa shape index (κ2) is 4.60. The number of hydrogen-bond donors (Lipinski definition) is 1. The highest BCUT2D eigenvalue weighted by atomic mass is 32.1. The fourth-order valence-electron chi connectivity index (χ4n) is 2.00. The van der Waals surface area contributed by atoms with Gasteiger partial charge in [-0.25, -0.2) is 4.98 Å². The molecule has 0 amide bonds. The van der Waals surface area contributed by atoms with Crippen molar-refractivity contribution in [2.24, 2.45) is 5.73 Å². The first-order valence-electron chi connectivity index (χ1n) is 5.46. The fourth-order valence-corrected chi connectivity index (χ4v) is 3.19. The molecule has 0 fully saturated rings. The van der Waals surface area contributed by atoms with Crippen LogP contribution < -0.4 is 5.73 Å². The van der Waals surface area contributed by atoms with E-state index in [-0.39, 0.29) is 6.04 Å². The van der Waals surface area contributed by atoms with Crippen molar-refractivity contribution in [2.75, 3.05) is 13.7 Å². The van der Waals surface area contributed by atoms with Crippen molar-refractivity contribution < 1.29 is 4.74 Å². The number of methoxy groups -OCH3 is 1. The molecule has 0 bridgehead atoms. The van der Waals surface area contributed by atoms with Crippen LogP contribution in [0.3, 0.4) is 0 Å². The first-order chi connectivity index (χ1) is 7.22. The van der Waals surface area contributed by atoms with Gasteiger partial charge in [-0.1, -0.05) is 6.92 Å². The lowest BCUT2D eigenvalue weighted by Gasteiger charge is -2.15. The number of thiazole rings is 1. The van der Waals surface area contributed by atoms with Crippen molar-refractivity contribution in [3.63, 3.8) is 0 Å². The minimum Gasteiger partial charge on any atom is -0.384 e. The highest BCUT2D eigenvalue weighted by molar-refractivity contribution is 7.12. The molecule has 0 spiro atoms. The number of rotatable bonds is 3. The van der Waals surface area contributed by atoms with Crippen LogP contribution in [-0.4, -0.2) is 18.7 Å². The molecule has 84 valence electrons. The molecular weight excluding hydrogens is 208 g/mol. The molecule has 0 radical (unpaired) electrons. The lowest BCUT2D eigenvalue weighted by Crippen LogP contribution is -2.15. The van der Waals surface area contributed by atoms with E-state index in [1.165, 1.54) is 22.0 Å². The van der Waals surface area contributed by atoms with Gasteiger partial charge in [-0.05, 0) is 19.3 Å². The predicted molar refractivity (Wildman–Crippen MR) is 62.3 cm³/mol. The lowest BCUT2D eigenvalue weighted by molar-refractivity contribution is 0.184. The van der Waals surface area contributed by atoms with Gasteiger partial charge in [0.05, 0.1) is 17.3 Å². The van der Waals surface area contributed by atoms with E-state index in [9.17, 15) is 0 Å². The van der Waals surface area contributed by atoms with Gasteiger partial charge in [0.25, 0.3) is 0 Å². The number of hydrogen-bond acceptors (Lipinski definition) is 4. The number of ether oxygens (including phenoxy) is 1. The fraction of sp³-hybridized carbons (Fsp3) is 0.727. The van der Waals surface area contributed by atoms with Crippen molar-refractivity contribution >= 4 is 11.3 Å². The number of aryl methyl sites for hydroxylation is 1. The summed E-state index contributed by atoms with van der Waals surface area (Å²) in [5.74, 6) is 0.387. The highest BCUT2D eigenvalue weighted by Crippen LogP contribution is 2.35. The molecule has 1 aromatic heterocycles. The van der Waals surface area contributed by atoms with E-state index in [1.807, 2.05) is 0 Å². The van der Waals surface area contributed by atoms with Gasteiger partial charge in [0.15, 0.2) is 0 Å². The Kier molecular flexibility index (Phi) is 3.38. The average molecular weight is 226 g/mol. The zero-order chi connectivity index (χ0) is 10.8. The molecular formula is C11H18N2OS. The van der Waals surface area contributed by atoms with Crippen molar-refractivity contribution in [1.82, 2.24) is 4.98 Å². The molecule has 1 heterocycles. The van der Waals surface area contributed by atoms with Crippen LogP contribution in [0.1, 0.15) is 47.3 Å². The van der Waals surface area contributed by atoms with E-state index >= 15 is 0 Å². The smallest absolute Gasteiger partial charge is 0.0982 e. The third-order valence-corrected chi connectivity index (χ3v) is 4.31. The van der Waals surface area contributed by atoms with Gasteiger partial charge in [0.2, 0.25) is 0 Å². The zero-order valence-electron chi connectivity index (χ0n) is 9.32. The van der Waals surface area contributed by atoms with Crippen molar-refractivity contribution in [3.8, 4) is 0 Å². The monoisotopic (exact) mass is 226 g/mol. The SMILES string of the molecule is COCC(C)c1nc2c(s1)C(N)CCC2. The Morgan fingerprint density at radius 3 is 3.13 bits per heavy atom. The normalized spacial score (nSPS) is 22.5. The summed E-state index contributed by atoms with van der Waals surface area (Å²) >= 11 is 1.78. The maximum Gasteiger partial charge on any atom is 0.0982 e. The molecule has 0 saturated heterocycles. The van der Waals surface area contributed by atoms with E-state index in [1.54, 1.807) is 18.4 Å². The second-order valence-corrected chi connectivity index (χ2v) is 5.28. The molecule has 3 nitrogen and oxygen atoms in total. The number of fused-ring (bicyclic) bond motifs is 1. The Labute approximate surface area is 94.7 Å². The molecule has 2 rings (SSSR count). The summed E-state index contributed by atoms with van der Waals surface area (Å²) in [5.41, 5.74) is 7.31. The minimum absolute atomic E-state index is 0.217. The van der Waals surface area contributed by atoms with Gasteiger partial charge in [-0.2, -0.15) is 0 Å². The molecule has 1 aromatic rings. The molecule has 4 heteroatoms. The van der Waals surface area contributed by atoms with Gasteiger partial charge < -0.3 is 10.5 Å². The molecule has 0 saturated carbocycles. The summed E-state index contributed by atoms with van der Waals surface area (Å²) in [6.45, 7) is 2.89. The maximum absolute atomic E-state index is 6.07. The minimum atomic E-state index is 0.217. The zero-order valence-corrected chi connectivity index (χ0v) is 10.1. The molecule has 0 aliphatic heterocycles. The van der Waals surface area contributed by atoms with E-state index in [0.29, 0.717) is 5.92 Å². The van der Waals surface area contributed by atoms with E-state index in [4.69, 9.17) is 10.5 Å². The van der Waals surface area contributed by atoms with Gasteiger partial charge in [-0.3, -0.25) is 0 Å². The Hall–Kier alpha value is -0.450. The van der Waals surface area contributed by atoms with Crippen LogP contribution in [0.25, 0.3) is 0 Å². The topological polar surface area (TPSA) is 48.1 Å². The summed E-state index contributed by atoms with van der Waals surface area (Å²) < 4.78 is 5.15. The maximum atomic E-state index is 6.07. The molecule has 2 unspecified atom stereocenters. The molecule has 1 aliphatic carbocycles. The van der Waals surface area contributed by atoms with Crippen LogP contribution in [0.2, 0.25) is 0 Å². The van der Waals surface area contributed by atoms with Crippen molar-refractivity contribution in [2.45, 2.75) is 38.1 Å². The summed E-state index contributed by atoms with van der Waals surface area (Å²) in [6.07, 6.45) is 3.38. The Balaban J connectivity index is 2.21. The largest absolute Gasteiger partial charge is 0.384 e. The second-order valence-electron chi connectivity index (χ2n) is 4.22. The Bertz CT molecular complexity index is 337. The summed E-state index contributed by atoms with van der Waals surface area (Å²) in [6, 6.07) is 0.217. The Morgan fingerprint density at radius 2 is 2.47 bits per heavy atom. The number of nitrogens with two attached hydrogens (primary N) is 1. The van der Waals surface area contributed by atoms with E-state index in [2.05, 4.69) is 11.9 Å². The standard InChI is InChI=1S/C11H18N2OS/c1-7(6-14-2)11-13-9-5-3-4-8(12)10(9)15-11/h7-8H,3-6,12H2,1-2H3. The number of aromatic nitrogens is 1. The molecule has 2 N–H and O–H groups in total. The number of nitrogens with zero attached hydrogens (tertiary/aromatic N) is 1. The average Bonchev–Trinajstić information content (AvgIpc) is 2.63. The van der Waals surface area contributed by atoms with Gasteiger partial charge in [0.1, 0.15) is 0 Å².